The van der Waals surface area contributed by atoms with Crippen molar-refractivity contribution in [1.82, 2.24) is 0 Å². The molecule has 0 heterocycles. The van der Waals surface area contributed by atoms with Crippen molar-refractivity contribution in [3.05, 3.63) is 64.6 Å². The molecule has 0 saturated heterocycles. The van der Waals surface area contributed by atoms with Crippen LogP contribution in [0.1, 0.15) is 18.9 Å². The third-order valence-electron chi connectivity index (χ3n) is 3.69. The fraction of sp³-hybridized carbons (Fsp3) is 0.294. The summed E-state index contributed by atoms with van der Waals surface area (Å²) in [6.07, 6.45) is 1.90. The van der Waals surface area contributed by atoms with Gasteiger partial charge in [0.05, 0.1) is 5.54 Å². The third kappa shape index (κ3) is 3.84. The summed E-state index contributed by atoms with van der Waals surface area (Å²) in [6, 6.07) is 18.7. The first kappa shape index (κ1) is 15.1. The molecule has 1 unspecified atom stereocenters. The Morgan fingerprint density at radius 3 is 2.45 bits per heavy atom. The molecule has 0 aromatic heterocycles. The summed E-state index contributed by atoms with van der Waals surface area (Å²) in [5.74, 6) is 0. The van der Waals surface area contributed by atoms with Gasteiger partial charge in [-0.3, -0.25) is 0 Å². The van der Waals surface area contributed by atoms with Crippen molar-refractivity contribution in [1.29, 1.82) is 0 Å². The predicted molar refractivity (Wildman–Crippen MR) is 90.0 cm³/mol. The maximum Gasteiger partial charge on any atom is 0.0533 e. The molecule has 0 radical (unpaired) electrons. The summed E-state index contributed by atoms with van der Waals surface area (Å²) in [7, 11) is 0. The SMILES string of the molecule is CCC(CN)(Cc1ccccc1)Nc1cccc(Br)c1. The standard InChI is InChI=1S/C17H21BrN2/c1-2-17(13-19,12-14-7-4-3-5-8-14)20-16-10-6-9-15(18)11-16/h3-11,20H,2,12-13,19H2,1H3. The molecule has 0 fully saturated rings. The fourth-order valence-electron chi connectivity index (χ4n) is 2.38. The molecule has 20 heavy (non-hydrogen) atoms. The van der Waals surface area contributed by atoms with Gasteiger partial charge in [-0.15, -0.1) is 0 Å². The largest absolute Gasteiger partial charge is 0.378 e. The van der Waals surface area contributed by atoms with Crippen LogP contribution in [-0.4, -0.2) is 12.1 Å². The van der Waals surface area contributed by atoms with Crippen LogP contribution in [0.5, 0.6) is 0 Å². The number of rotatable bonds is 6. The average molecular weight is 333 g/mol. The van der Waals surface area contributed by atoms with Crippen molar-refractivity contribution in [2.75, 3.05) is 11.9 Å². The van der Waals surface area contributed by atoms with Gasteiger partial charge in [0.2, 0.25) is 0 Å². The van der Waals surface area contributed by atoms with E-state index < -0.39 is 0 Å². The number of nitrogens with one attached hydrogen (secondary N) is 1. The highest BCUT2D eigenvalue weighted by atomic mass is 79.9. The van der Waals surface area contributed by atoms with Crippen LogP contribution in [0.4, 0.5) is 5.69 Å². The Bertz CT molecular complexity index is 536. The molecule has 0 spiro atoms. The quantitative estimate of drug-likeness (QED) is 0.831. The molecule has 2 aromatic carbocycles. The van der Waals surface area contributed by atoms with E-state index in [0.717, 1.165) is 23.0 Å². The van der Waals surface area contributed by atoms with Crippen molar-refractivity contribution >= 4 is 21.6 Å². The lowest BCUT2D eigenvalue weighted by Gasteiger charge is -2.34. The van der Waals surface area contributed by atoms with E-state index in [1.165, 1.54) is 5.56 Å². The van der Waals surface area contributed by atoms with Gasteiger partial charge in [0, 0.05) is 16.7 Å². The third-order valence-corrected chi connectivity index (χ3v) is 4.18. The van der Waals surface area contributed by atoms with Crippen molar-refractivity contribution < 1.29 is 0 Å². The van der Waals surface area contributed by atoms with Crippen molar-refractivity contribution in [2.24, 2.45) is 5.73 Å². The molecule has 2 aromatic rings. The topological polar surface area (TPSA) is 38.0 Å². The minimum Gasteiger partial charge on any atom is -0.378 e. The van der Waals surface area contributed by atoms with E-state index in [9.17, 15) is 0 Å². The maximum atomic E-state index is 6.08. The van der Waals surface area contributed by atoms with E-state index >= 15 is 0 Å². The molecular weight excluding hydrogens is 312 g/mol. The minimum atomic E-state index is -0.109. The van der Waals surface area contributed by atoms with Crippen LogP contribution in [0.3, 0.4) is 0 Å². The Morgan fingerprint density at radius 1 is 1.10 bits per heavy atom. The zero-order chi connectivity index (χ0) is 14.4. The zero-order valence-corrected chi connectivity index (χ0v) is 13.4. The Balaban J connectivity index is 2.21. The van der Waals surface area contributed by atoms with Crippen molar-refractivity contribution in [3.8, 4) is 0 Å². The second-order valence-corrected chi connectivity index (χ2v) is 6.05. The smallest absolute Gasteiger partial charge is 0.0533 e. The van der Waals surface area contributed by atoms with Gasteiger partial charge in [0.25, 0.3) is 0 Å². The first-order chi connectivity index (χ1) is 9.67. The first-order valence-electron chi connectivity index (χ1n) is 6.95. The average Bonchev–Trinajstić information content (AvgIpc) is 2.47. The lowest BCUT2D eigenvalue weighted by molar-refractivity contribution is 0.457. The van der Waals surface area contributed by atoms with Crippen LogP contribution in [-0.2, 0) is 6.42 Å². The molecule has 2 nitrogen and oxygen atoms in total. The van der Waals surface area contributed by atoms with Gasteiger partial charge < -0.3 is 11.1 Å². The van der Waals surface area contributed by atoms with Crippen LogP contribution in [0, 0.1) is 0 Å². The molecule has 0 amide bonds. The molecule has 3 N–H and O–H groups in total. The van der Waals surface area contributed by atoms with Crippen LogP contribution >= 0.6 is 15.9 Å². The highest BCUT2D eigenvalue weighted by Crippen LogP contribution is 2.24. The number of anilines is 1. The van der Waals surface area contributed by atoms with E-state index in [-0.39, 0.29) is 5.54 Å². The molecule has 0 aliphatic heterocycles. The predicted octanol–water partition coefficient (Wildman–Crippen LogP) is 4.21. The molecule has 3 heteroatoms. The van der Waals surface area contributed by atoms with Crippen LogP contribution in [0.15, 0.2) is 59.1 Å². The van der Waals surface area contributed by atoms with Gasteiger partial charge in [-0.25, -0.2) is 0 Å². The Kier molecular flexibility index (Phi) is 5.21. The normalized spacial score (nSPS) is 13.8. The van der Waals surface area contributed by atoms with Gasteiger partial charge in [0.15, 0.2) is 0 Å². The van der Waals surface area contributed by atoms with E-state index in [1.807, 2.05) is 18.2 Å². The molecule has 1 atom stereocenters. The van der Waals surface area contributed by atoms with Gasteiger partial charge >= 0.3 is 0 Å². The van der Waals surface area contributed by atoms with Crippen molar-refractivity contribution in [2.45, 2.75) is 25.3 Å². The highest BCUT2D eigenvalue weighted by Gasteiger charge is 2.26. The van der Waals surface area contributed by atoms with Crippen LogP contribution in [0.25, 0.3) is 0 Å². The molecular formula is C17H21BrN2. The number of nitrogens with two attached hydrogens (primary N) is 1. The summed E-state index contributed by atoms with van der Waals surface area (Å²) in [5.41, 5.74) is 8.38. The number of hydrogen-bond acceptors (Lipinski definition) is 2. The first-order valence-corrected chi connectivity index (χ1v) is 7.74. The lowest BCUT2D eigenvalue weighted by Crippen LogP contribution is -2.47. The molecule has 0 bridgehead atoms. The number of halogens is 1. The minimum absolute atomic E-state index is 0.109. The summed E-state index contributed by atoms with van der Waals surface area (Å²) in [4.78, 5) is 0. The zero-order valence-electron chi connectivity index (χ0n) is 11.8. The lowest BCUT2D eigenvalue weighted by atomic mass is 9.88. The van der Waals surface area contributed by atoms with E-state index in [1.54, 1.807) is 0 Å². The van der Waals surface area contributed by atoms with Crippen molar-refractivity contribution in [3.63, 3.8) is 0 Å². The Labute approximate surface area is 129 Å². The van der Waals surface area contributed by atoms with E-state index in [4.69, 9.17) is 5.73 Å². The Hall–Kier alpha value is -1.32. The summed E-state index contributed by atoms with van der Waals surface area (Å²) < 4.78 is 1.07. The molecule has 0 aliphatic rings. The number of hydrogen-bond donors (Lipinski definition) is 2. The molecule has 0 aliphatic carbocycles. The van der Waals surface area contributed by atoms with Crippen LogP contribution < -0.4 is 11.1 Å². The monoisotopic (exact) mass is 332 g/mol. The van der Waals surface area contributed by atoms with Gasteiger partial charge in [-0.2, -0.15) is 0 Å². The van der Waals surface area contributed by atoms with E-state index in [0.29, 0.717) is 6.54 Å². The summed E-state index contributed by atoms with van der Waals surface area (Å²) >= 11 is 3.51. The number of benzene rings is 2. The van der Waals surface area contributed by atoms with Gasteiger partial charge in [-0.05, 0) is 36.6 Å². The van der Waals surface area contributed by atoms with Gasteiger partial charge in [-0.1, -0.05) is 59.3 Å². The van der Waals surface area contributed by atoms with Crippen LogP contribution in [0.2, 0.25) is 0 Å². The van der Waals surface area contributed by atoms with Gasteiger partial charge in [0.1, 0.15) is 0 Å². The highest BCUT2D eigenvalue weighted by molar-refractivity contribution is 9.10. The summed E-state index contributed by atoms with van der Waals surface area (Å²) in [6.45, 7) is 2.78. The molecule has 2 rings (SSSR count). The second kappa shape index (κ2) is 6.91. The summed E-state index contributed by atoms with van der Waals surface area (Å²) in [5, 5.41) is 3.63. The molecule has 106 valence electrons. The maximum absolute atomic E-state index is 6.08. The fourth-order valence-corrected chi connectivity index (χ4v) is 2.78. The second-order valence-electron chi connectivity index (χ2n) is 5.14. The molecule has 0 saturated carbocycles. The van der Waals surface area contributed by atoms with E-state index in [2.05, 4.69) is 64.6 Å². The Morgan fingerprint density at radius 2 is 1.85 bits per heavy atom.